The molecule has 1 aliphatic rings. The second-order valence-corrected chi connectivity index (χ2v) is 9.86. The number of rotatable bonds is 7. The van der Waals surface area contributed by atoms with Crippen molar-refractivity contribution in [2.24, 2.45) is 0 Å². The minimum Gasteiger partial charge on any atom is -0.353 e. The Balaban J connectivity index is 1.29. The summed E-state index contributed by atoms with van der Waals surface area (Å²) in [6.45, 7) is 6.03. The van der Waals surface area contributed by atoms with Crippen molar-refractivity contribution < 1.29 is 18.0 Å². The van der Waals surface area contributed by atoms with E-state index in [0.29, 0.717) is 11.6 Å². The van der Waals surface area contributed by atoms with E-state index in [-0.39, 0.29) is 5.56 Å². The third kappa shape index (κ3) is 6.54. The number of benzene rings is 3. The molecule has 0 radical (unpaired) electrons. The molecule has 2 N–H and O–H groups in total. The summed E-state index contributed by atoms with van der Waals surface area (Å²) in [5.74, 6) is -0.00845. The third-order valence-corrected chi connectivity index (χ3v) is 7.00. The van der Waals surface area contributed by atoms with E-state index in [1.54, 1.807) is 12.3 Å². The summed E-state index contributed by atoms with van der Waals surface area (Å²) in [7, 11) is 0. The fourth-order valence-electron chi connectivity index (χ4n) is 4.85. The third-order valence-electron chi connectivity index (χ3n) is 7.00. The van der Waals surface area contributed by atoms with Gasteiger partial charge in [0.05, 0.1) is 11.1 Å². The van der Waals surface area contributed by atoms with E-state index < -0.39 is 17.6 Å². The van der Waals surface area contributed by atoms with Crippen molar-refractivity contribution >= 4 is 28.4 Å². The molecule has 1 saturated heterocycles. The molecule has 6 nitrogen and oxygen atoms in total. The highest BCUT2D eigenvalue weighted by molar-refractivity contribution is 6.04. The lowest BCUT2D eigenvalue weighted by molar-refractivity contribution is -0.137. The summed E-state index contributed by atoms with van der Waals surface area (Å²) >= 11 is 0. The molecule has 3 aromatic carbocycles. The van der Waals surface area contributed by atoms with Gasteiger partial charge in [-0.1, -0.05) is 24.6 Å². The quantitative estimate of drug-likeness (QED) is 0.274. The standard InChI is InChI=1S/C30H30F3N5O/c1-20-8-10-25(36-28(39)22-6-5-7-24(17-22)30(31,32)33)18-26(20)21-9-11-27-23(16-21)19-35-29(37-27)34-12-15-38-13-3-2-4-14-38/h5-11,16-19H,2-4,12-15H2,1H3,(H,36,39)(H,34,35,37). The Morgan fingerprint density at radius 3 is 2.62 bits per heavy atom. The molecule has 5 rings (SSSR count). The van der Waals surface area contributed by atoms with Crippen molar-refractivity contribution in [1.29, 1.82) is 0 Å². The molecule has 1 fully saturated rings. The van der Waals surface area contributed by atoms with Crippen LogP contribution < -0.4 is 10.6 Å². The number of likely N-dealkylation sites (tertiary alicyclic amines) is 1. The van der Waals surface area contributed by atoms with Gasteiger partial charge < -0.3 is 15.5 Å². The van der Waals surface area contributed by atoms with Crippen molar-refractivity contribution in [2.75, 3.05) is 36.8 Å². The number of fused-ring (bicyclic) bond motifs is 1. The number of anilines is 2. The first-order valence-corrected chi connectivity index (χ1v) is 13.1. The average Bonchev–Trinajstić information content (AvgIpc) is 2.94. The lowest BCUT2D eigenvalue weighted by Gasteiger charge is -2.26. The van der Waals surface area contributed by atoms with Gasteiger partial charge in [0, 0.05) is 35.9 Å². The van der Waals surface area contributed by atoms with Gasteiger partial charge in [0.1, 0.15) is 0 Å². The fourth-order valence-corrected chi connectivity index (χ4v) is 4.85. The lowest BCUT2D eigenvalue weighted by Crippen LogP contribution is -2.33. The Hall–Kier alpha value is -3.98. The fraction of sp³-hybridized carbons (Fsp3) is 0.300. The Morgan fingerprint density at radius 2 is 1.82 bits per heavy atom. The minimum atomic E-state index is -4.52. The number of piperidine rings is 1. The van der Waals surface area contributed by atoms with Crippen LogP contribution in [0, 0.1) is 6.92 Å². The highest BCUT2D eigenvalue weighted by Gasteiger charge is 2.30. The number of hydrogen-bond acceptors (Lipinski definition) is 5. The summed E-state index contributed by atoms with van der Waals surface area (Å²) in [5, 5.41) is 6.92. The van der Waals surface area contributed by atoms with E-state index in [1.165, 1.54) is 31.4 Å². The van der Waals surface area contributed by atoms with Crippen LogP contribution in [0.25, 0.3) is 22.0 Å². The topological polar surface area (TPSA) is 70.2 Å². The van der Waals surface area contributed by atoms with Crippen LogP contribution in [-0.4, -0.2) is 47.0 Å². The number of halogens is 3. The predicted molar refractivity (Wildman–Crippen MR) is 148 cm³/mol. The zero-order valence-corrected chi connectivity index (χ0v) is 21.7. The van der Waals surface area contributed by atoms with Crippen LogP contribution in [0.3, 0.4) is 0 Å². The number of aryl methyl sites for hydroxylation is 1. The molecular weight excluding hydrogens is 503 g/mol. The largest absolute Gasteiger partial charge is 0.416 e. The second kappa shape index (κ2) is 11.4. The molecule has 39 heavy (non-hydrogen) atoms. The first kappa shape index (κ1) is 26.6. The highest BCUT2D eigenvalue weighted by atomic mass is 19.4. The monoisotopic (exact) mass is 533 g/mol. The molecule has 1 amide bonds. The van der Waals surface area contributed by atoms with Gasteiger partial charge in [-0.05, 0) is 92.0 Å². The maximum Gasteiger partial charge on any atom is 0.416 e. The Bertz CT molecular complexity index is 1480. The van der Waals surface area contributed by atoms with Gasteiger partial charge in [0.2, 0.25) is 5.95 Å². The van der Waals surface area contributed by atoms with E-state index in [2.05, 4.69) is 25.5 Å². The molecule has 202 valence electrons. The van der Waals surface area contributed by atoms with E-state index in [4.69, 9.17) is 0 Å². The number of nitrogens with zero attached hydrogens (tertiary/aromatic N) is 3. The molecule has 0 spiro atoms. The predicted octanol–water partition coefficient (Wildman–Crippen LogP) is 6.77. The maximum atomic E-state index is 13.1. The number of carbonyl (C=O) groups excluding carboxylic acids is 1. The number of carbonyl (C=O) groups is 1. The van der Waals surface area contributed by atoms with Crippen LogP contribution in [-0.2, 0) is 6.18 Å². The molecule has 0 atom stereocenters. The molecule has 1 aromatic heterocycles. The first-order valence-electron chi connectivity index (χ1n) is 13.1. The highest BCUT2D eigenvalue weighted by Crippen LogP contribution is 2.31. The average molecular weight is 534 g/mol. The van der Waals surface area contributed by atoms with E-state index >= 15 is 0 Å². The van der Waals surface area contributed by atoms with Crippen molar-refractivity contribution in [2.45, 2.75) is 32.4 Å². The smallest absolute Gasteiger partial charge is 0.353 e. The van der Waals surface area contributed by atoms with Crippen LogP contribution in [0.1, 0.15) is 40.7 Å². The van der Waals surface area contributed by atoms with E-state index in [0.717, 1.165) is 65.9 Å². The van der Waals surface area contributed by atoms with Gasteiger partial charge in [0.25, 0.3) is 5.91 Å². The summed E-state index contributed by atoms with van der Waals surface area (Å²) in [5.41, 5.74) is 3.19. The molecule has 0 saturated carbocycles. The van der Waals surface area contributed by atoms with Gasteiger partial charge >= 0.3 is 6.18 Å². The van der Waals surface area contributed by atoms with E-state index in [9.17, 15) is 18.0 Å². The molecule has 4 aromatic rings. The van der Waals surface area contributed by atoms with Crippen LogP contribution in [0.2, 0.25) is 0 Å². The van der Waals surface area contributed by atoms with Gasteiger partial charge in [0.15, 0.2) is 0 Å². The van der Waals surface area contributed by atoms with Crippen molar-refractivity contribution in [3.05, 3.63) is 83.6 Å². The normalized spacial score (nSPS) is 14.4. The summed E-state index contributed by atoms with van der Waals surface area (Å²) < 4.78 is 39.2. The van der Waals surface area contributed by atoms with Crippen LogP contribution in [0.4, 0.5) is 24.8 Å². The zero-order valence-electron chi connectivity index (χ0n) is 21.7. The minimum absolute atomic E-state index is 0.0601. The summed E-state index contributed by atoms with van der Waals surface area (Å²) in [6.07, 6.45) is 1.12. The molecular formula is C30H30F3N5O. The van der Waals surface area contributed by atoms with Crippen molar-refractivity contribution in [1.82, 2.24) is 14.9 Å². The Kier molecular flexibility index (Phi) is 7.79. The zero-order chi connectivity index (χ0) is 27.4. The summed E-state index contributed by atoms with van der Waals surface area (Å²) in [4.78, 5) is 24.3. The van der Waals surface area contributed by atoms with Crippen molar-refractivity contribution in [3.63, 3.8) is 0 Å². The summed E-state index contributed by atoms with van der Waals surface area (Å²) in [6, 6.07) is 15.7. The lowest BCUT2D eigenvalue weighted by atomic mass is 9.98. The number of aromatic nitrogens is 2. The SMILES string of the molecule is Cc1ccc(NC(=O)c2cccc(C(F)(F)F)c2)cc1-c1ccc2nc(NCCN3CCCCC3)ncc2c1. The Morgan fingerprint density at radius 1 is 1.00 bits per heavy atom. The molecule has 9 heteroatoms. The molecule has 1 aliphatic heterocycles. The van der Waals surface area contributed by atoms with Crippen molar-refractivity contribution in [3.8, 4) is 11.1 Å². The molecule has 0 unspecified atom stereocenters. The van der Waals surface area contributed by atoms with Crippen LogP contribution in [0.5, 0.6) is 0 Å². The molecule has 0 bridgehead atoms. The molecule has 2 heterocycles. The first-order chi connectivity index (χ1) is 18.8. The Labute approximate surface area is 225 Å². The number of alkyl halides is 3. The molecule has 0 aliphatic carbocycles. The van der Waals surface area contributed by atoms with Crippen LogP contribution >= 0.6 is 0 Å². The van der Waals surface area contributed by atoms with Gasteiger partial charge in [-0.15, -0.1) is 0 Å². The van der Waals surface area contributed by atoms with E-state index in [1.807, 2.05) is 37.3 Å². The van der Waals surface area contributed by atoms with Gasteiger partial charge in [-0.2, -0.15) is 13.2 Å². The number of amides is 1. The number of hydrogen-bond donors (Lipinski definition) is 2. The maximum absolute atomic E-state index is 13.1. The van der Waals surface area contributed by atoms with Gasteiger partial charge in [-0.3, -0.25) is 4.79 Å². The second-order valence-electron chi connectivity index (χ2n) is 9.86. The number of nitrogens with one attached hydrogen (secondary N) is 2. The van der Waals surface area contributed by atoms with Gasteiger partial charge in [-0.25, -0.2) is 9.97 Å². The van der Waals surface area contributed by atoms with Crippen LogP contribution in [0.15, 0.2) is 66.9 Å².